The monoisotopic (exact) mass is 196 g/mol. The third-order valence-electron chi connectivity index (χ3n) is 1.83. The van der Waals surface area contributed by atoms with Crippen LogP contribution in [0.5, 0.6) is 0 Å². The minimum Gasteiger partial charge on any atom is -0.207 e. The predicted molar refractivity (Wildman–Crippen MR) is 58.6 cm³/mol. The van der Waals surface area contributed by atoms with Crippen LogP contribution in [0, 0.1) is 12.7 Å². The van der Waals surface area contributed by atoms with Crippen LogP contribution in [0.25, 0.3) is 6.08 Å². The fourth-order valence-corrected chi connectivity index (χ4v) is 1.26. The topological polar surface area (TPSA) is 0 Å². The Balaban J connectivity index is 2.77. The minimum absolute atomic E-state index is 0.177. The van der Waals surface area contributed by atoms with Gasteiger partial charge < -0.3 is 0 Å². The van der Waals surface area contributed by atoms with Crippen molar-refractivity contribution < 1.29 is 4.39 Å². The third kappa shape index (κ3) is 3.23. The first-order valence-corrected chi connectivity index (χ1v) is 4.91. The van der Waals surface area contributed by atoms with Gasteiger partial charge in [-0.1, -0.05) is 18.2 Å². The Hall–Kier alpha value is -0.760. The summed E-state index contributed by atoms with van der Waals surface area (Å²) in [7, 11) is 0. The third-order valence-corrected chi connectivity index (χ3v) is 2.08. The van der Waals surface area contributed by atoms with E-state index in [9.17, 15) is 4.39 Å². The quantitative estimate of drug-likeness (QED) is 0.703. The van der Waals surface area contributed by atoms with E-state index in [1.807, 2.05) is 19.1 Å². The van der Waals surface area contributed by atoms with E-state index < -0.39 is 0 Å². The highest BCUT2D eigenvalue weighted by molar-refractivity contribution is 7.80. The second-order valence-electron chi connectivity index (χ2n) is 2.92. The molecule has 1 rings (SSSR count). The van der Waals surface area contributed by atoms with E-state index in [4.69, 9.17) is 0 Å². The van der Waals surface area contributed by atoms with Crippen molar-refractivity contribution in [2.45, 2.75) is 13.3 Å². The molecular weight excluding hydrogens is 183 g/mol. The van der Waals surface area contributed by atoms with Gasteiger partial charge in [0.05, 0.1) is 0 Å². The molecule has 70 valence electrons. The molecule has 13 heavy (non-hydrogen) atoms. The van der Waals surface area contributed by atoms with Crippen molar-refractivity contribution in [3.63, 3.8) is 0 Å². The summed E-state index contributed by atoms with van der Waals surface area (Å²) in [6.45, 7) is 1.91. The first kappa shape index (κ1) is 10.3. The first-order valence-electron chi connectivity index (χ1n) is 4.27. The van der Waals surface area contributed by atoms with Crippen LogP contribution in [0.15, 0.2) is 24.3 Å². The van der Waals surface area contributed by atoms with Crippen molar-refractivity contribution in [2.24, 2.45) is 0 Å². The van der Waals surface area contributed by atoms with E-state index in [0.29, 0.717) is 0 Å². The molecule has 0 aliphatic carbocycles. The number of aryl methyl sites for hydroxylation is 1. The molecule has 0 aromatic heterocycles. The molecule has 0 N–H and O–H groups in total. The van der Waals surface area contributed by atoms with Crippen LogP contribution in [-0.2, 0) is 0 Å². The Morgan fingerprint density at radius 1 is 1.46 bits per heavy atom. The number of halogens is 1. The van der Waals surface area contributed by atoms with Gasteiger partial charge in [-0.15, -0.1) is 0 Å². The molecule has 0 radical (unpaired) electrons. The number of benzene rings is 1. The van der Waals surface area contributed by atoms with E-state index >= 15 is 0 Å². The van der Waals surface area contributed by atoms with Crippen LogP contribution in [0.2, 0.25) is 0 Å². The number of rotatable bonds is 3. The Morgan fingerprint density at radius 3 is 2.85 bits per heavy atom. The molecule has 0 amide bonds. The van der Waals surface area contributed by atoms with Gasteiger partial charge in [-0.3, -0.25) is 0 Å². The van der Waals surface area contributed by atoms with Crippen LogP contribution in [0.3, 0.4) is 0 Å². The standard InChI is InChI=1S/C11H13FS/c1-9-8-11(12)6-5-10(9)4-2-3-7-13/h2,4-6,8,13H,3,7H2,1H3. The highest BCUT2D eigenvalue weighted by Crippen LogP contribution is 2.11. The summed E-state index contributed by atoms with van der Waals surface area (Å²) in [6, 6.07) is 4.81. The first-order chi connectivity index (χ1) is 6.24. The van der Waals surface area contributed by atoms with E-state index in [1.54, 1.807) is 12.1 Å². The van der Waals surface area contributed by atoms with Crippen molar-refractivity contribution >= 4 is 18.7 Å². The van der Waals surface area contributed by atoms with Gasteiger partial charge in [-0.2, -0.15) is 12.6 Å². The maximum Gasteiger partial charge on any atom is 0.123 e. The minimum atomic E-state index is -0.177. The molecule has 0 saturated carbocycles. The molecule has 0 heterocycles. The Morgan fingerprint density at radius 2 is 2.23 bits per heavy atom. The Bertz CT molecular complexity index is 305. The molecule has 0 atom stereocenters. The van der Waals surface area contributed by atoms with Crippen LogP contribution >= 0.6 is 12.6 Å². The molecule has 0 aliphatic heterocycles. The van der Waals surface area contributed by atoms with E-state index in [-0.39, 0.29) is 5.82 Å². The zero-order valence-electron chi connectivity index (χ0n) is 7.63. The maximum absolute atomic E-state index is 12.7. The lowest BCUT2D eigenvalue weighted by molar-refractivity contribution is 0.626. The van der Waals surface area contributed by atoms with Gasteiger partial charge in [0.1, 0.15) is 5.82 Å². The summed E-state index contributed by atoms with van der Waals surface area (Å²) in [5, 5.41) is 0. The van der Waals surface area contributed by atoms with Gasteiger partial charge >= 0.3 is 0 Å². The van der Waals surface area contributed by atoms with Crippen molar-refractivity contribution in [1.82, 2.24) is 0 Å². The summed E-state index contributed by atoms with van der Waals surface area (Å²) >= 11 is 4.10. The summed E-state index contributed by atoms with van der Waals surface area (Å²) in [5.41, 5.74) is 2.04. The SMILES string of the molecule is Cc1cc(F)ccc1C=CCCS. The van der Waals surface area contributed by atoms with Gasteiger partial charge in [-0.25, -0.2) is 4.39 Å². The molecule has 0 spiro atoms. The summed E-state index contributed by atoms with van der Waals surface area (Å²) in [4.78, 5) is 0. The Kier molecular flexibility index (Phi) is 4.03. The zero-order valence-corrected chi connectivity index (χ0v) is 8.52. The normalized spacial score (nSPS) is 11.0. The fourth-order valence-electron chi connectivity index (χ4n) is 1.11. The number of thiol groups is 1. The smallest absolute Gasteiger partial charge is 0.123 e. The summed E-state index contributed by atoms with van der Waals surface area (Å²) in [6.07, 6.45) is 5.00. The second kappa shape index (κ2) is 5.07. The molecule has 0 nitrogen and oxygen atoms in total. The molecule has 0 saturated heterocycles. The summed E-state index contributed by atoms with van der Waals surface area (Å²) < 4.78 is 12.7. The predicted octanol–water partition coefficient (Wildman–Crippen LogP) is 3.47. The lowest BCUT2D eigenvalue weighted by Crippen LogP contribution is -1.82. The maximum atomic E-state index is 12.7. The number of hydrogen-bond donors (Lipinski definition) is 1. The molecule has 2 heteroatoms. The number of hydrogen-bond acceptors (Lipinski definition) is 1. The average molecular weight is 196 g/mol. The van der Waals surface area contributed by atoms with Crippen LogP contribution < -0.4 is 0 Å². The van der Waals surface area contributed by atoms with Crippen molar-refractivity contribution in [1.29, 1.82) is 0 Å². The molecule has 0 bridgehead atoms. The van der Waals surface area contributed by atoms with Gasteiger partial charge in [-0.05, 0) is 42.4 Å². The van der Waals surface area contributed by atoms with Gasteiger partial charge in [0, 0.05) is 0 Å². The van der Waals surface area contributed by atoms with Crippen LogP contribution in [0.1, 0.15) is 17.5 Å². The van der Waals surface area contributed by atoms with Crippen molar-refractivity contribution in [2.75, 3.05) is 5.75 Å². The molecule has 1 aromatic carbocycles. The molecule has 1 aromatic rings. The summed E-state index contributed by atoms with van der Waals surface area (Å²) in [5.74, 6) is 0.667. The van der Waals surface area contributed by atoms with Crippen molar-refractivity contribution in [3.8, 4) is 0 Å². The average Bonchev–Trinajstić information content (AvgIpc) is 2.09. The van der Waals surface area contributed by atoms with E-state index in [1.165, 1.54) is 6.07 Å². The molecule has 0 fully saturated rings. The van der Waals surface area contributed by atoms with Crippen LogP contribution in [-0.4, -0.2) is 5.75 Å². The Labute approximate surface area is 83.9 Å². The molecule has 0 unspecified atom stereocenters. The fraction of sp³-hybridized carbons (Fsp3) is 0.273. The van der Waals surface area contributed by atoms with Gasteiger partial charge in [0.15, 0.2) is 0 Å². The lowest BCUT2D eigenvalue weighted by atomic mass is 10.1. The zero-order chi connectivity index (χ0) is 9.68. The van der Waals surface area contributed by atoms with Crippen LogP contribution in [0.4, 0.5) is 4.39 Å². The largest absolute Gasteiger partial charge is 0.207 e. The van der Waals surface area contributed by atoms with E-state index in [0.717, 1.165) is 23.3 Å². The highest BCUT2D eigenvalue weighted by atomic mass is 32.1. The van der Waals surface area contributed by atoms with Gasteiger partial charge in [0.25, 0.3) is 0 Å². The van der Waals surface area contributed by atoms with E-state index in [2.05, 4.69) is 12.6 Å². The highest BCUT2D eigenvalue weighted by Gasteiger charge is 1.95. The van der Waals surface area contributed by atoms with Crippen molar-refractivity contribution in [3.05, 3.63) is 41.2 Å². The molecular formula is C11H13FS. The lowest BCUT2D eigenvalue weighted by Gasteiger charge is -1.99. The number of allylic oxidation sites excluding steroid dienone is 1. The second-order valence-corrected chi connectivity index (χ2v) is 3.36. The van der Waals surface area contributed by atoms with Gasteiger partial charge in [0.2, 0.25) is 0 Å². The molecule has 0 aliphatic rings.